The summed E-state index contributed by atoms with van der Waals surface area (Å²) in [6, 6.07) is 11.8. The topological polar surface area (TPSA) is 72.5 Å². The highest BCUT2D eigenvalue weighted by atomic mass is 32.1. The quantitative estimate of drug-likeness (QED) is 0.477. The van der Waals surface area contributed by atoms with Crippen molar-refractivity contribution in [3.8, 4) is 16.9 Å². The van der Waals surface area contributed by atoms with Crippen LogP contribution in [-0.4, -0.2) is 43.1 Å². The summed E-state index contributed by atoms with van der Waals surface area (Å²) in [4.78, 5) is 33.6. The van der Waals surface area contributed by atoms with Crippen molar-refractivity contribution in [1.82, 2.24) is 24.1 Å². The Morgan fingerprint density at radius 2 is 1.84 bits per heavy atom. The van der Waals surface area contributed by atoms with Crippen molar-refractivity contribution in [3.05, 3.63) is 69.2 Å². The summed E-state index contributed by atoms with van der Waals surface area (Å²) in [6.45, 7) is 5.41. The van der Waals surface area contributed by atoms with E-state index in [0.717, 1.165) is 37.3 Å². The van der Waals surface area contributed by atoms with Crippen LogP contribution in [0.1, 0.15) is 36.3 Å². The van der Waals surface area contributed by atoms with Gasteiger partial charge in [-0.25, -0.2) is 9.67 Å². The third-order valence-corrected chi connectivity index (χ3v) is 6.88. The van der Waals surface area contributed by atoms with E-state index >= 15 is 0 Å². The first-order chi connectivity index (χ1) is 15.5. The average molecular weight is 448 g/mol. The molecule has 1 saturated heterocycles. The Hall–Kier alpha value is -3.26. The van der Waals surface area contributed by atoms with E-state index in [2.05, 4.69) is 4.98 Å². The largest absolute Gasteiger partial charge is 0.342 e. The zero-order valence-corrected chi connectivity index (χ0v) is 19.1. The van der Waals surface area contributed by atoms with Gasteiger partial charge in [0.15, 0.2) is 4.96 Å². The van der Waals surface area contributed by atoms with Gasteiger partial charge >= 0.3 is 0 Å². The number of likely N-dealkylation sites (tertiary alicyclic amines) is 1. The first kappa shape index (κ1) is 20.6. The second kappa shape index (κ2) is 8.35. The van der Waals surface area contributed by atoms with Crippen LogP contribution in [0, 0.1) is 13.8 Å². The van der Waals surface area contributed by atoms with Crippen molar-refractivity contribution in [2.24, 2.45) is 0 Å². The van der Waals surface area contributed by atoms with Gasteiger partial charge in [0.05, 0.1) is 23.4 Å². The lowest BCUT2D eigenvalue weighted by molar-refractivity contribution is -0.131. The molecule has 0 atom stereocenters. The fourth-order valence-electron chi connectivity index (χ4n) is 4.36. The van der Waals surface area contributed by atoms with Crippen LogP contribution in [0.4, 0.5) is 0 Å². The van der Waals surface area contributed by atoms with E-state index in [1.165, 1.54) is 17.8 Å². The van der Waals surface area contributed by atoms with E-state index < -0.39 is 0 Å². The second-order valence-corrected chi connectivity index (χ2v) is 9.10. The van der Waals surface area contributed by atoms with Gasteiger partial charge in [0.1, 0.15) is 5.69 Å². The maximum absolute atomic E-state index is 13.6. The van der Waals surface area contributed by atoms with Gasteiger partial charge in [0.2, 0.25) is 5.91 Å². The van der Waals surface area contributed by atoms with Gasteiger partial charge < -0.3 is 4.90 Å². The number of aryl methyl sites for hydroxylation is 2. The Bertz CT molecular complexity index is 1350. The van der Waals surface area contributed by atoms with E-state index in [-0.39, 0.29) is 17.9 Å². The van der Waals surface area contributed by atoms with Gasteiger partial charge in [-0.05, 0) is 51.3 Å². The summed E-state index contributed by atoms with van der Waals surface area (Å²) < 4.78 is 3.42. The molecule has 0 N–H and O–H groups in total. The van der Waals surface area contributed by atoms with Gasteiger partial charge in [-0.1, -0.05) is 18.2 Å². The number of fused-ring (bicyclic) bond motifs is 1. The van der Waals surface area contributed by atoms with Gasteiger partial charge in [-0.15, -0.1) is 11.3 Å². The average Bonchev–Trinajstić information content (AvgIpc) is 3.38. The van der Waals surface area contributed by atoms with E-state index in [1.807, 2.05) is 65.2 Å². The predicted octanol–water partition coefficient (Wildman–Crippen LogP) is 3.78. The summed E-state index contributed by atoms with van der Waals surface area (Å²) in [7, 11) is 0. The number of amides is 1. The Kier molecular flexibility index (Phi) is 5.38. The number of benzene rings is 1. The van der Waals surface area contributed by atoms with Crippen molar-refractivity contribution in [2.75, 3.05) is 13.1 Å². The van der Waals surface area contributed by atoms with Crippen molar-refractivity contribution >= 4 is 22.2 Å². The molecule has 4 aromatic rings. The molecule has 0 spiro atoms. The molecule has 0 aliphatic carbocycles. The summed E-state index contributed by atoms with van der Waals surface area (Å²) in [6.07, 6.45) is 3.47. The molecular weight excluding hydrogens is 422 g/mol. The zero-order valence-electron chi connectivity index (χ0n) is 18.2. The van der Waals surface area contributed by atoms with Gasteiger partial charge in [0.25, 0.3) is 5.56 Å². The Labute approximate surface area is 190 Å². The molecule has 0 radical (unpaired) electrons. The second-order valence-electron chi connectivity index (χ2n) is 8.26. The number of aromatic nitrogens is 4. The molecule has 8 heteroatoms. The standard InChI is InChI=1S/C24H25N5O2S/c1-16-13-20(26-29(16)18-9-5-3-6-10-18)22-17(2)25-24-28(23(22)31)19(15-32-24)14-21(30)27-11-7-4-8-12-27/h3,5-6,9-10,13,15H,4,7-8,11-12,14H2,1-2H3. The minimum Gasteiger partial charge on any atom is -0.342 e. The lowest BCUT2D eigenvalue weighted by atomic mass is 10.1. The number of thiazole rings is 1. The van der Waals surface area contributed by atoms with Gasteiger partial charge in [0, 0.05) is 29.9 Å². The van der Waals surface area contributed by atoms with Crippen LogP contribution in [0.3, 0.4) is 0 Å². The first-order valence-electron chi connectivity index (χ1n) is 10.9. The molecule has 0 bridgehead atoms. The number of rotatable bonds is 4. The maximum atomic E-state index is 13.6. The lowest BCUT2D eigenvalue weighted by Gasteiger charge is -2.26. The van der Waals surface area contributed by atoms with Crippen molar-refractivity contribution in [2.45, 2.75) is 39.5 Å². The number of para-hydroxylation sites is 1. The van der Waals surface area contributed by atoms with Crippen LogP contribution in [0.15, 0.2) is 46.6 Å². The smallest absolute Gasteiger partial charge is 0.268 e. The Morgan fingerprint density at radius 1 is 1.09 bits per heavy atom. The highest BCUT2D eigenvalue weighted by molar-refractivity contribution is 7.15. The number of carbonyl (C=O) groups excluding carboxylic acids is 1. The summed E-state index contributed by atoms with van der Waals surface area (Å²) in [5.41, 5.74) is 4.10. The van der Waals surface area contributed by atoms with E-state index in [9.17, 15) is 9.59 Å². The molecule has 32 heavy (non-hydrogen) atoms. The summed E-state index contributed by atoms with van der Waals surface area (Å²) in [5, 5.41) is 6.60. The number of piperidine rings is 1. The molecule has 5 rings (SSSR count). The predicted molar refractivity (Wildman–Crippen MR) is 126 cm³/mol. The van der Waals surface area contributed by atoms with Crippen LogP contribution >= 0.6 is 11.3 Å². The Balaban J connectivity index is 1.56. The van der Waals surface area contributed by atoms with E-state index in [1.54, 1.807) is 4.40 Å². The van der Waals surface area contributed by atoms with Crippen LogP contribution in [-0.2, 0) is 11.2 Å². The fraction of sp³-hybridized carbons (Fsp3) is 0.333. The lowest BCUT2D eigenvalue weighted by Crippen LogP contribution is -2.37. The van der Waals surface area contributed by atoms with Gasteiger partial charge in [-0.2, -0.15) is 5.10 Å². The van der Waals surface area contributed by atoms with Gasteiger partial charge in [-0.3, -0.25) is 14.0 Å². The van der Waals surface area contributed by atoms with Crippen molar-refractivity contribution < 1.29 is 4.79 Å². The highest BCUT2D eigenvalue weighted by Crippen LogP contribution is 2.24. The number of hydrogen-bond donors (Lipinski definition) is 0. The molecule has 1 aliphatic rings. The number of nitrogens with zero attached hydrogens (tertiary/aromatic N) is 5. The monoisotopic (exact) mass is 447 g/mol. The maximum Gasteiger partial charge on any atom is 0.268 e. The molecule has 7 nitrogen and oxygen atoms in total. The molecule has 164 valence electrons. The van der Waals surface area contributed by atoms with Crippen LogP contribution in [0.25, 0.3) is 21.9 Å². The summed E-state index contributed by atoms with van der Waals surface area (Å²) >= 11 is 1.40. The van der Waals surface area contributed by atoms with Crippen LogP contribution in [0.2, 0.25) is 0 Å². The molecule has 1 aromatic carbocycles. The third kappa shape index (κ3) is 3.64. The number of carbonyl (C=O) groups is 1. The van der Waals surface area contributed by atoms with E-state index in [0.29, 0.717) is 27.6 Å². The molecule has 0 unspecified atom stereocenters. The first-order valence-corrected chi connectivity index (χ1v) is 11.8. The normalized spacial score (nSPS) is 14.2. The van der Waals surface area contributed by atoms with E-state index in [4.69, 9.17) is 5.10 Å². The molecule has 1 fully saturated rings. The third-order valence-electron chi connectivity index (χ3n) is 6.01. The Morgan fingerprint density at radius 3 is 2.59 bits per heavy atom. The van der Waals surface area contributed by atoms with Crippen LogP contribution < -0.4 is 5.56 Å². The van der Waals surface area contributed by atoms with Crippen LogP contribution in [0.5, 0.6) is 0 Å². The fourth-order valence-corrected chi connectivity index (χ4v) is 5.29. The molecule has 0 saturated carbocycles. The molecule has 3 aromatic heterocycles. The molecule has 1 amide bonds. The number of hydrogen-bond acceptors (Lipinski definition) is 5. The highest BCUT2D eigenvalue weighted by Gasteiger charge is 2.22. The molecular formula is C24H25N5O2S. The zero-order chi connectivity index (χ0) is 22.2. The minimum absolute atomic E-state index is 0.0719. The molecule has 4 heterocycles. The summed E-state index contributed by atoms with van der Waals surface area (Å²) in [5.74, 6) is 0.0719. The van der Waals surface area contributed by atoms with Crippen molar-refractivity contribution in [1.29, 1.82) is 0 Å². The SMILES string of the molecule is Cc1nc2scc(CC(=O)N3CCCCC3)n2c(=O)c1-c1cc(C)n(-c2ccccc2)n1. The van der Waals surface area contributed by atoms with Crippen molar-refractivity contribution in [3.63, 3.8) is 0 Å². The molecule has 1 aliphatic heterocycles. The minimum atomic E-state index is -0.173.